The number of hydrogen-bond donors (Lipinski definition) is 1. The molecule has 1 atom stereocenters. The van der Waals surface area contributed by atoms with Gasteiger partial charge in [-0.3, -0.25) is 9.59 Å². The molecule has 26 heavy (non-hydrogen) atoms. The number of rotatable bonds is 4. The van der Waals surface area contributed by atoms with Crippen molar-refractivity contribution in [2.24, 2.45) is 0 Å². The normalized spacial score (nSPS) is 17.7. The molecular formula is C20H19NO5. The summed E-state index contributed by atoms with van der Waals surface area (Å²) in [5.41, 5.74) is 0.746. The van der Waals surface area contributed by atoms with E-state index in [9.17, 15) is 9.59 Å². The first-order chi connectivity index (χ1) is 12.6. The zero-order chi connectivity index (χ0) is 18.1. The van der Waals surface area contributed by atoms with Crippen LogP contribution >= 0.6 is 0 Å². The van der Waals surface area contributed by atoms with Gasteiger partial charge in [-0.1, -0.05) is 30.3 Å². The Labute approximate surface area is 149 Å². The minimum absolute atomic E-state index is 0.110. The van der Waals surface area contributed by atoms with Crippen LogP contribution in [-0.4, -0.2) is 47.7 Å². The fourth-order valence-electron chi connectivity index (χ4n) is 3.54. The molecule has 1 aliphatic heterocycles. The fourth-order valence-corrected chi connectivity index (χ4v) is 3.54. The Kier molecular flexibility index (Phi) is 4.34. The van der Waals surface area contributed by atoms with Crippen LogP contribution in [0.1, 0.15) is 12.2 Å². The third-order valence-corrected chi connectivity index (χ3v) is 4.76. The van der Waals surface area contributed by atoms with Crippen LogP contribution in [0.2, 0.25) is 0 Å². The number of nitrogens with zero attached hydrogens (tertiary/aromatic N) is 1. The summed E-state index contributed by atoms with van der Waals surface area (Å²) in [4.78, 5) is 25.3. The molecule has 134 valence electrons. The van der Waals surface area contributed by atoms with Crippen LogP contribution in [0.3, 0.4) is 0 Å². The molecule has 2 aromatic carbocycles. The molecule has 1 fully saturated rings. The lowest BCUT2D eigenvalue weighted by atomic mass is 10.1. The van der Waals surface area contributed by atoms with E-state index in [0.29, 0.717) is 18.9 Å². The van der Waals surface area contributed by atoms with E-state index in [2.05, 4.69) is 0 Å². The van der Waals surface area contributed by atoms with E-state index in [-0.39, 0.29) is 25.4 Å². The number of carboxylic acid groups (broad SMARTS) is 1. The number of fused-ring (bicyclic) bond motifs is 3. The monoisotopic (exact) mass is 353 g/mol. The first kappa shape index (κ1) is 16.6. The maximum Gasteiger partial charge on any atom is 0.305 e. The number of carboxylic acids is 1. The SMILES string of the molecule is O=C(O)CC1COCCN1C(=O)Cc1cc2c(ccc3ccccc32)o1. The molecule has 0 saturated carbocycles. The van der Waals surface area contributed by atoms with Gasteiger partial charge in [-0.2, -0.15) is 0 Å². The molecule has 1 aromatic heterocycles. The Morgan fingerprint density at radius 1 is 1.15 bits per heavy atom. The molecule has 0 radical (unpaired) electrons. The predicted octanol–water partition coefficient (Wildman–Crippen LogP) is 2.83. The van der Waals surface area contributed by atoms with Gasteiger partial charge in [-0.25, -0.2) is 0 Å². The maximum absolute atomic E-state index is 12.7. The Bertz CT molecular complexity index is 977. The number of aliphatic carboxylic acids is 1. The number of hydrogen-bond acceptors (Lipinski definition) is 4. The Hall–Kier alpha value is -2.86. The molecule has 1 saturated heterocycles. The van der Waals surface area contributed by atoms with E-state index in [1.165, 1.54) is 0 Å². The van der Waals surface area contributed by atoms with Crippen LogP contribution in [0.25, 0.3) is 21.7 Å². The largest absolute Gasteiger partial charge is 0.481 e. The number of benzene rings is 2. The molecule has 6 heteroatoms. The Balaban J connectivity index is 1.59. The van der Waals surface area contributed by atoms with Crippen molar-refractivity contribution in [2.75, 3.05) is 19.8 Å². The lowest BCUT2D eigenvalue weighted by molar-refractivity contribution is -0.146. The summed E-state index contributed by atoms with van der Waals surface area (Å²) < 4.78 is 11.2. The molecule has 1 unspecified atom stereocenters. The second kappa shape index (κ2) is 6.80. The zero-order valence-corrected chi connectivity index (χ0v) is 14.2. The van der Waals surface area contributed by atoms with Gasteiger partial charge in [0.05, 0.1) is 32.1 Å². The first-order valence-corrected chi connectivity index (χ1v) is 8.61. The minimum Gasteiger partial charge on any atom is -0.481 e. The number of carbonyl (C=O) groups excluding carboxylic acids is 1. The van der Waals surface area contributed by atoms with Gasteiger partial charge in [0, 0.05) is 11.9 Å². The van der Waals surface area contributed by atoms with Crippen LogP contribution in [0.4, 0.5) is 0 Å². The van der Waals surface area contributed by atoms with E-state index in [1.807, 2.05) is 42.5 Å². The summed E-state index contributed by atoms with van der Waals surface area (Å²) in [6, 6.07) is 13.4. The van der Waals surface area contributed by atoms with E-state index in [0.717, 1.165) is 21.7 Å². The smallest absolute Gasteiger partial charge is 0.305 e. The topological polar surface area (TPSA) is 80.0 Å². The molecule has 6 nitrogen and oxygen atoms in total. The number of carbonyl (C=O) groups is 2. The van der Waals surface area contributed by atoms with Crippen LogP contribution in [-0.2, 0) is 20.7 Å². The summed E-state index contributed by atoms with van der Waals surface area (Å²) in [5.74, 6) is -0.488. The van der Waals surface area contributed by atoms with Crippen molar-refractivity contribution in [3.63, 3.8) is 0 Å². The van der Waals surface area contributed by atoms with Crippen molar-refractivity contribution in [2.45, 2.75) is 18.9 Å². The van der Waals surface area contributed by atoms with Crippen molar-refractivity contribution in [3.8, 4) is 0 Å². The number of amides is 1. The lowest BCUT2D eigenvalue weighted by Crippen LogP contribution is -2.50. The second-order valence-electron chi connectivity index (χ2n) is 6.50. The molecule has 0 bridgehead atoms. The van der Waals surface area contributed by atoms with Gasteiger partial charge in [0.2, 0.25) is 5.91 Å². The number of ether oxygens (including phenoxy) is 1. The van der Waals surface area contributed by atoms with E-state index >= 15 is 0 Å². The highest BCUT2D eigenvalue weighted by molar-refractivity contribution is 6.06. The minimum atomic E-state index is -0.937. The van der Waals surface area contributed by atoms with Crippen molar-refractivity contribution in [1.29, 1.82) is 0 Å². The number of furan rings is 1. The summed E-state index contributed by atoms with van der Waals surface area (Å²) in [6.45, 7) is 1.08. The quantitative estimate of drug-likeness (QED) is 0.780. The maximum atomic E-state index is 12.7. The molecule has 1 amide bonds. The second-order valence-corrected chi connectivity index (χ2v) is 6.50. The molecule has 1 aliphatic rings. The van der Waals surface area contributed by atoms with Crippen molar-refractivity contribution in [1.82, 2.24) is 4.90 Å². The van der Waals surface area contributed by atoms with Gasteiger partial charge in [-0.05, 0) is 22.9 Å². The van der Waals surface area contributed by atoms with Crippen LogP contribution in [0.5, 0.6) is 0 Å². The van der Waals surface area contributed by atoms with Crippen molar-refractivity contribution < 1.29 is 23.8 Å². The van der Waals surface area contributed by atoms with Crippen LogP contribution in [0, 0.1) is 0 Å². The summed E-state index contributed by atoms with van der Waals surface area (Å²) in [5, 5.41) is 12.2. The third-order valence-electron chi connectivity index (χ3n) is 4.76. The lowest BCUT2D eigenvalue weighted by Gasteiger charge is -2.34. The van der Waals surface area contributed by atoms with Gasteiger partial charge < -0.3 is 19.2 Å². The predicted molar refractivity (Wildman–Crippen MR) is 96.0 cm³/mol. The highest BCUT2D eigenvalue weighted by atomic mass is 16.5. The standard InChI is InChI=1S/C20H19NO5/c22-19(21-7-8-25-12-14(21)9-20(23)24)11-15-10-17-16-4-2-1-3-13(16)5-6-18(17)26-15/h1-6,10,14H,7-9,11-12H2,(H,23,24). The summed E-state index contributed by atoms with van der Waals surface area (Å²) in [7, 11) is 0. The summed E-state index contributed by atoms with van der Waals surface area (Å²) >= 11 is 0. The average Bonchev–Trinajstić information content (AvgIpc) is 3.04. The third kappa shape index (κ3) is 3.15. The summed E-state index contributed by atoms with van der Waals surface area (Å²) in [6.07, 6.45) is -0.00433. The highest BCUT2D eigenvalue weighted by Gasteiger charge is 2.29. The van der Waals surface area contributed by atoms with E-state index < -0.39 is 12.0 Å². The molecular weight excluding hydrogens is 334 g/mol. The molecule has 2 heterocycles. The molecule has 3 aromatic rings. The number of morpholine rings is 1. The molecule has 0 spiro atoms. The van der Waals surface area contributed by atoms with Gasteiger partial charge in [0.1, 0.15) is 11.3 Å². The van der Waals surface area contributed by atoms with Gasteiger partial charge in [-0.15, -0.1) is 0 Å². The van der Waals surface area contributed by atoms with E-state index in [4.69, 9.17) is 14.3 Å². The molecule has 1 N–H and O–H groups in total. The average molecular weight is 353 g/mol. The Morgan fingerprint density at radius 3 is 2.85 bits per heavy atom. The van der Waals surface area contributed by atoms with Crippen LogP contribution < -0.4 is 0 Å². The van der Waals surface area contributed by atoms with Crippen molar-refractivity contribution in [3.05, 3.63) is 48.2 Å². The highest BCUT2D eigenvalue weighted by Crippen LogP contribution is 2.28. The van der Waals surface area contributed by atoms with Gasteiger partial charge in [0.15, 0.2) is 0 Å². The van der Waals surface area contributed by atoms with Crippen molar-refractivity contribution >= 4 is 33.6 Å². The molecule has 0 aliphatic carbocycles. The first-order valence-electron chi connectivity index (χ1n) is 8.61. The Morgan fingerprint density at radius 2 is 2.00 bits per heavy atom. The zero-order valence-electron chi connectivity index (χ0n) is 14.2. The van der Waals surface area contributed by atoms with Gasteiger partial charge in [0.25, 0.3) is 0 Å². The van der Waals surface area contributed by atoms with E-state index in [1.54, 1.807) is 4.90 Å². The molecule has 4 rings (SSSR count). The van der Waals surface area contributed by atoms with Crippen LogP contribution in [0.15, 0.2) is 46.9 Å². The van der Waals surface area contributed by atoms with Gasteiger partial charge >= 0.3 is 5.97 Å². The fraction of sp³-hybridized carbons (Fsp3) is 0.300.